The van der Waals surface area contributed by atoms with Gasteiger partial charge in [-0.25, -0.2) is 0 Å². The Kier molecular flexibility index (Phi) is 5.51. The summed E-state index contributed by atoms with van der Waals surface area (Å²) in [6, 6.07) is 10.2. The van der Waals surface area contributed by atoms with Crippen LogP contribution >= 0.6 is 11.6 Å². The van der Waals surface area contributed by atoms with Crippen molar-refractivity contribution in [3.8, 4) is 5.75 Å². The second-order valence-corrected chi connectivity index (χ2v) is 5.17. The van der Waals surface area contributed by atoms with E-state index < -0.39 is 22.7 Å². The molecule has 0 aromatic heterocycles. The second kappa shape index (κ2) is 7.40. The van der Waals surface area contributed by atoms with Gasteiger partial charge in [0.1, 0.15) is 5.75 Å². The highest BCUT2D eigenvalue weighted by atomic mass is 35.5. The summed E-state index contributed by atoms with van der Waals surface area (Å²) in [5.41, 5.74) is -0.278. The maximum absolute atomic E-state index is 12.8. The van der Waals surface area contributed by atoms with E-state index in [4.69, 9.17) is 16.3 Å². The molecular weight excluding hydrogens is 343 g/mol. The highest BCUT2D eigenvalue weighted by Gasteiger charge is 2.33. The lowest BCUT2D eigenvalue weighted by atomic mass is 10.1. The normalized spacial score (nSPS) is 11.5. The maximum Gasteiger partial charge on any atom is 0.417 e. The molecule has 2 aromatic rings. The lowest BCUT2D eigenvalue weighted by Crippen LogP contribution is -2.09. The van der Waals surface area contributed by atoms with E-state index in [1.807, 2.05) is 0 Å². The standard InChI is InChI=1S/C17H13ClF3NO2/c1-24-15-5-3-2-4-14(15)22-16(23)9-7-11-6-8-13(18)12(10-11)17(19,20)21/h2-10H,1H3,(H,22,23)/b9-7+. The van der Waals surface area contributed by atoms with Crippen molar-refractivity contribution in [1.29, 1.82) is 0 Å². The molecule has 0 bridgehead atoms. The number of ether oxygens (including phenoxy) is 1. The summed E-state index contributed by atoms with van der Waals surface area (Å²) in [6.07, 6.45) is -2.15. The van der Waals surface area contributed by atoms with E-state index >= 15 is 0 Å². The monoisotopic (exact) mass is 355 g/mol. The average Bonchev–Trinajstić information content (AvgIpc) is 2.53. The van der Waals surface area contributed by atoms with Crippen LogP contribution in [0.25, 0.3) is 6.08 Å². The van der Waals surface area contributed by atoms with Gasteiger partial charge >= 0.3 is 6.18 Å². The number of halogens is 4. The zero-order valence-electron chi connectivity index (χ0n) is 12.5. The number of benzene rings is 2. The molecule has 0 aliphatic heterocycles. The van der Waals surface area contributed by atoms with Crippen molar-refractivity contribution < 1.29 is 22.7 Å². The van der Waals surface area contributed by atoms with Gasteiger partial charge in [0.25, 0.3) is 0 Å². The Bertz CT molecular complexity index is 773. The molecule has 0 saturated carbocycles. The number of rotatable bonds is 4. The smallest absolute Gasteiger partial charge is 0.417 e. The van der Waals surface area contributed by atoms with Crippen molar-refractivity contribution in [1.82, 2.24) is 0 Å². The van der Waals surface area contributed by atoms with Crippen molar-refractivity contribution in [3.63, 3.8) is 0 Å². The van der Waals surface area contributed by atoms with Gasteiger partial charge in [-0.2, -0.15) is 13.2 Å². The Balaban J connectivity index is 2.15. The van der Waals surface area contributed by atoms with Crippen LogP contribution in [0, 0.1) is 0 Å². The third-order valence-corrected chi connectivity index (χ3v) is 3.42. The van der Waals surface area contributed by atoms with E-state index in [0.717, 1.165) is 18.2 Å². The number of hydrogen-bond donors (Lipinski definition) is 1. The summed E-state index contributed by atoms with van der Waals surface area (Å²) in [5, 5.41) is 2.20. The predicted octanol–water partition coefficient (Wildman–Crippen LogP) is 5.02. The second-order valence-electron chi connectivity index (χ2n) is 4.76. The average molecular weight is 356 g/mol. The topological polar surface area (TPSA) is 38.3 Å². The Morgan fingerprint density at radius 1 is 1.21 bits per heavy atom. The van der Waals surface area contributed by atoms with Crippen LogP contribution in [0.3, 0.4) is 0 Å². The third kappa shape index (κ3) is 4.52. The van der Waals surface area contributed by atoms with Gasteiger partial charge in [-0.15, -0.1) is 0 Å². The summed E-state index contributed by atoms with van der Waals surface area (Å²) in [6.45, 7) is 0. The zero-order chi connectivity index (χ0) is 17.7. The number of carbonyl (C=O) groups excluding carboxylic acids is 1. The summed E-state index contributed by atoms with van der Waals surface area (Å²) in [5.74, 6) is -0.0203. The van der Waals surface area contributed by atoms with E-state index in [0.29, 0.717) is 11.4 Å². The molecule has 24 heavy (non-hydrogen) atoms. The van der Waals surface area contributed by atoms with Crippen molar-refractivity contribution in [2.45, 2.75) is 6.18 Å². The van der Waals surface area contributed by atoms with Gasteiger partial charge in [-0.05, 0) is 35.9 Å². The van der Waals surface area contributed by atoms with Gasteiger partial charge in [-0.1, -0.05) is 29.8 Å². The number of carbonyl (C=O) groups is 1. The van der Waals surface area contributed by atoms with Crippen LogP contribution in [0.1, 0.15) is 11.1 Å². The molecule has 0 saturated heterocycles. The van der Waals surface area contributed by atoms with Gasteiger partial charge in [0.15, 0.2) is 0 Å². The molecule has 7 heteroatoms. The first-order valence-corrected chi connectivity index (χ1v) is 7.18. The first-order valence-electron chi connectivity index (χ1n) is 6.80. The van der Waals surface area contributed by atoms with Crippen LogP contribution < -0.4 is 10.1 Å². The molecule has 3 nitrogen and oxygen atoms in total. The summed E-state index contributed by atoms with van der Waals surface area (Å²) >= 11 is 5.55. The van der Waals surface area contributed by atoms with Gasteiger partial charge in [-0.3, -0.25) is 4.79 Å². The fourth-order valence-corrected chi connectivity index (χ4v) is 2.18. The van der Waals surface area contributed by atoms with Crippen LogP contribution in [-0.4, -0.2) is 13.0 Å². The highest BCUT2D eigenvalue weighted by molar-refractivity contribution is 6.31. The first kappa shape index (κ1) is 17.9. The molecule has 0 atom stereocenters. The van der Waals surface area contributed by atoms with Crippen LogP contribution in [-0.2, 0) is 11.0 Å². The Hall–Kier alpha value is -2.47. The number of methoxy groups -OCH3 is 1. The minimum Gasteiger partial charge on any atom is -0.495 e. The molecule has 0 aliphatic rings. The number of anilines is 1. The number of amides is 1. The molecule has 1 amide bonds. The van der Waals surface area contributed by atoms with Crippen molar-refractivity contribution >= 4 is 29.3 Å². The van der Waals surface area contributed by atoms with Crippen LogP contribution in [0.4, 0.5) is 18.9 Å². The van der Waals surface area contributed by atoms with Crippen molar-refractivity contribution in [2.75, 3.05) is 12.4 Å². The molecule has 0 radical (unpaired) electrons. The molecule has 0 fully saturated rings. The molecule has 1 N–H and O–H groups in total. The summed E-state index contributed by atoms with van der Waals surface area (Å²) < 4.78 is 43.5. The lowest BCUT2D eigenvalue weighted by Gasteiger charge is -2.09. The van der Waals surface area contributed by atoms with E-state index in [1.165, 1.54) is 19.3 Å². The minimum absolute atomic E-state index is 0.210. The van der Waals surface area contributed by atoms with Crippen LogP contribution in [0.2, 0.25) is 5.02 Å². The van der Waals surface area contributed by atoms with Gasteiger partial charge in [0.05, 0.1) is 23.4 Å². The largest absolute Gasteiger partial charge is 0.495 e. The fourth-order valence-electron chi connectivity index (χ4n) is 1.96. The molecular formula is C17H13ClF3NO2. The number of alkyl halides is 3. The van der Waals surface area contributed by atoms with E-state index in [1.54, 1.807) is 24.3 Å². The summed E-state index contributed by atoms with van der Waals surface area (Å²) in [7, 11) is 1.47. The van der Waals surface area contributed by atoms with E-state index in [9.17, 15) is 18.0 Å². The number of para-hydroxylation sites is 2. The van der Waals surface area contributed by atoms with Gasteiger partial charge in [0.2, 0.25) is 5.91 Å². The highest BCUT2D eigenvalue weighted by Crippen LogP contribution is 2.35. The minimum atomic E-state index is -4.55. The van der Waals surface area contributed by atoms with Crippen LogP contribution in [0.15, 0.2) is 48.5 Å². The predicted molar refractivity (Wildman–Crippen MR) is 87.1 cm³/mol. The molecule has 2 aromatic carbocycles. The van der Waals surface area contributed by atoms with Crippen molar-refractivity contribution in [3.05, 3.63) is 64.7 Å². The molecule has 0 unspecified atom stereocenters. The Morgan fingerprint density at radius 3 is 2.58 bits per heavy atom. The van der Waals surface area contributed by atoms with Crippen molar-refractivity contribution in [2.24, 2.45) is 0 Å². The Labute approximate surface area is 141 Å². The van der Waals surface area contributed by atoms with E-state index in [2.05, 4.69) is 5.32 Å². The van der Waals surface area contributed by atoms with E-state index in [-0.39, 0.29) is 5.56 Å². The quantitative estimate of drug-likeness (QED) is 0.782. The molecule has 0 heterocycles. The summed E-state index contributed by atoms with van der Waals surface area (Å²) in [4.78, 5) is 11.9. The van der Waals surface area contributed by atoms with Gasteiger partial charge in [0, 0.05) is 6.08 Å². The van der Waals surface area contributed by atoms with Gasteiger partial charge < -0.3 is 10.1 Å². The zero-order valence-corrected chi connectivity index (χ0v) is 13.3. The molecule has 2 rings (SSSR count). The molecule has 0 aliphatic carbocycles. The first-order chi connectivity index (χ1) is 11.3. The molecule has 0 spiro atoms. The number of nitrogens with one attached hydrogen (secondary N) is 1. The fraction of sp³-hybridized carbons (Fsp3) is 0.118. The SMILES string of the molecule is COc1ccccc1NC(=O)/C=C/c1ccc(Cl)c(C(F)(F)F)c1. The maximum atomic E-state index is 12.8. The molecule has 126 valence electrons. The third-order valence-electron chi connectivity index (χ3n) is 3.09. The Morgan fingerprint density at radius 2 is 1.92 bits per heavy atom. The lowest BCUT2D eigenvalue weighted by molar-refractivity contribution is -0.137. The number of hydrogen-bond acceptors (Lipinski definition) is 2. The van der Waals surface area contributed by atoms with Crippen LogP contribution in [0.5, 0.6) is 5.75 Å².